The molecule has 134 valence electrons. The van der Waals surface area contributed by atoms with E-state index in [1.807, 2.05) is 24.3 Å². The van der Waals surface area contributed by atoms with Crippen LogP contribution in [0.15, 0.2) is 47.5 Å². The number of rotatable bonds is 7. The molecule has 0 aromatic heterocycles. The van der Waals surface area contributed by atoms with Crippen LogP contribution in [-0.2, 0) is 24.3 Å². The van der Waals surface area contributed by atoms with Gasteiger partial charge in [-0.2, -0.15) is 0 Å². The van der Waals surface area contributed by atoms with Gasteiger partial charge >= 0.3 is 0 Å². The van der Waals surface area contributed by atoms with E-state index in [2.05, 4.69) is 15.6 Å². The van der Waals surface area contributed by atoms with Crippen molar-refractivity contribution in [2.75, 3.05) is 20.7 Å². The summed E-state index contributed by atoms with van der Waals surface area (Å²) in [5, 5.41) is 7.22. The Labute approximate surface area is 153 Å². The molecule has 2 aromatic rings. The van der Waals surface area contributed by atoms with Crippen LogP contribution in [0, 0.1) is 5.82 Å². The fourth-order valence-corrected chi connectivity index (χ4v) is 2.64. The van der Waals surface area contributed by atoms with Crippen LogP contribution in [0.4, 0.5) is 4.39 Å². The molecule has 0 aliphatic rings. The minimum Gasteiger partial charge on any atom is -0.380 e. The zero-order valence-corrected chi connectivity index (χ0v) is 15.2. The number of guanidine groups is 1. The first-order valence-corrected chi connectivity index (χ1v) is 8.45. The molecule has 0 bridgehead atoms. The predicted octanol–water partition coefficient (Wildman–Crippen LogP) is 3.53. The molecule has 0 aliphatic carbocycles. The number of hydrogen-bond acceptors (Lipinski definition) is 2. The number of methoxy groups -OCH3 is 1. The molecular weight excluding hydrogens is 341 g/mol. The van der Waals surface area contributed by atoms with E-state index < -0.39 is 0 Å². The van der Waals surface area contributed by atoms with Crippen LogP contribution >= 0.6 is 11.6 Å². The highest BCUT2D eigenvalue weighted by atomic mass is 35.5. The molecular formula is C19H23ClFN3O. The topological polar surface area (TPSA) is 45.7 Å². The van der Waals surface area contributed by atoms with E-state index in [4.69, 9.17) is 16.3 Å². The lowest BCUT2D eigenvalue weighted by atomic mass is 10.1. The third-order valence-electron chi connectivity index (χ3n) is 3.69. The van der Waals surface area contributed by atoms with Crippen LogP contribution in [0.2, 0.25) is 5.02 Å². The van der Waals surface area contributed by atoms with Gasteiger partial charge in [-0.3, -0.25) is 4.99 Å². The molecule has 2 aromatic carbocycles. The molecule has 0 saturated heterocycles. The Hall–Kier alpha value is -2.11. The van der Waals surface area contributed by atoms with Crippen LogP contribution in [0.5, 0.6) is 0 Å². The molecule has 0 radical (unpaired) electrons. The Morgan fingerprint density at radius 1 is 1.16 bits per heavy atom. The Morgan fingerprint density at radius 3 is 2.72 bits per heavy atom. The normalized spacial score (nSPS) is 11.4. The van der Waals surface area contributed by atoms with Crippen molar-refractivity contribution in [2.24, 2.45) is 4.99 Å². The second kappa shape index (κ2) is 10.0. The van der Waals surface area contributed by atoms with Crippen LogP contribution in [-0.4, -0.2) is 26.7 Å². The highest BCUT2D eigenvalue weighted by molar-refractivity contribution is 6.30. The van der Waals surface area contributed by atoms with Crippen molar-refractivity contribution >= 4 is 17.6 Å². The number of benzene rings is 2. The van der Waals surface area contributed by atoms with Gasteiger partial charge in [-0.25, -0.2) is 4.39 Å². The largest absolute Gasteiger partial charge is 0.380 e. The van der Waals surface area contributed by atoms with E-state index >= 15 is 0 Å². The summed E-state index contributed by atoms with van der Waals surface area (Å²) >= 11 is 5.99. The molecule has 0 aliphatic heterocycles. The van der Waals surface area contributed by atoms with E-state index in [0.29, 0.717) is 18.1 Å². The maximum atomic E-state index is 13.6. The quantitative estimate of drug-likeness (QED) is 0.584. The number of hydrogen-bond donors (Lipinski definition) is 2. The van der Waals surface area contributed by atoms with Gasteiger partial charge < -0.3 is 15.4 Å². The van der Waals surface area contributed by atoms with Gasteiger partial charge in [0.1, 0.15) is 5.82 Å². The lowest BCUT2D eigenvalue weighted by Gasteiger charge is -2.13. The zero-order chi connectivity index (χ0) is 18.1. The van der Waals surface area contributed by atoms with E-state index in [9.17, 15) is 4.39 Å². The lowest BCUT2D eigenvalue weighted by Crippen LogP contribution is -2.37. The molecule has 0 fully saturated rings. The van der Waals surface area contributed by atoms with Gasteiger partial charge in [-0.05, 0) is 41.8 Å². The summed E-state index contributed by atoms with van der Waals surface area (Å²) in [6.07, 6.45) is 0.843. The smallest absolute Gasteiger partial charge is 0.191 e. The molecule has 0 atom stereocenters. The highest BCUT2D eigenvalue weighted by Gasteiger charge is 2.04. The van der Waals surface area contributed by atoms with E-state index in [0.717, 1.165) is 29.1 Å². The summed E-state index contributed by atoms with van der Waals surface area (Å²) in [4.78, 5) is 4.20. The van der Waals surface area contributed by atoms with Crippen molar-refractivity contribution in [3.63, 3.8) is 0 Å². The second-order valence-corrected chi connectivity index (χ2v) is 6.03. The van der Waals surface area contributed by atoms with Gasteiger partial charge in [0.25, 0.3) is 0 Å². The summed E-state index contributed by atoms with van der Waals surface area (Å²) in [6, 6.07) is 12.8. The SMILES string of the molecule is CN=C(NCCc1cccc(Cl)c1)NCc1ccc(F)c(COC)c1. The number of nitrogens with one attached hydrogen (secondary N) is 2. The van der Waals surface area contributed by atoms with Crippen LogP contribution in [0.25, 0.3) is 0 Å². The van der Waals surface area contributed by atoms with Crippen molar-refractivity contribution in [1.29, 1.82) is 0 Å². The summed E-state index contributed by atoms with van der Waals surface area (Å²) < 4.78 is 18.6. The molecule has 25 heavy (non-hydrogen) atoms. The Bertz CT molecular complexity index is 722. The third kappa shape index (κ3) is 6.36. The molecule has 0 heterocycles. The van der Waals surface area contributed by atoms with Gasteiger partial charge in [0.2, 0.25) is 0 Å². The molecule has 6 heteroatoms. The number of ether oxygens (including phenoxy) is 1. The first-order valence-electron chi connectivity index (χ1n) is 8.07. The maximum absolute atomic E-state index is 13.6. The van der Waals surface area contributed by atoms with Crippen molar-refractivity contribution in [1.82, 2.24) is 10.6 Å². The van der Waals surface area contributed by atoms with E-state index in [1.165, 1.54) is 6.07 Å². The Morgan fingerprint density at radius 2 is 2.00 bits per heavy atom. The van der Waals surface area contributed by atoms with E-state index in [-0.39, 0.29) is 12.4 Å². The van der Waals surface area contributed by atoms with Gasteiger partial charge in [-0.1, -0.05) is 29.8 Å². The molecule has 0 spiro atoms. The predicted molar refractivity (Wildman–Crippen MR) is 100 cm³/mol. The highest BCUT2D eigenvalue weighted by Crippen LogP contribution is 2.12. The average Bonchev–Trinajstić information content (AvgIpc) is 2.60. The van der Waals surface area contributed by atoms with Gasteiger partial charge in [-0.15, -0.1) is 0 Å². The summed E-state index contributed by atoms with van der Waals surface area (Å²) in [6.45, 7) is 1.54. The van der Waals surface area contributed by atoms with Gasteiger partial charge in [0.05, 0.1) is 6.61 Å². The second-order valence-electron chi connectivity index (χ2n) is 5.59. The number of aliphatic imine (C=N–C) groups is 1. The van der Waals surface area contributed by atoms with E-state index in [1.54, 1.807) is 26.3 Å². The van der Waals surface area contributed by atoms with Crippen molar-refractivity contribution in [3.05, 3.63) is 70.0 Å². The van der Waals surface area contributed by atoms with Crippen molar-refractivity contribution in [2.45, 2.75) is 19.6 Å². The minimum atomic E-state index is -0.255. The van der Waals surface area contributed by atoms with Gasteiger partial charge in [0, 0.05) is 37.8 Å². The fourth-order valence-electron chi connectivity index (χ4n) is 2.43. The number of halogens is 2. The first-order chi connectivity index (χ1) is 12.1. The molecule has 4 nitrogen and oxygen atoms in total. The van der Waals surface area contributed by atoms with Crippen LogP contribution in [0.1, 0.15) is 16.7 Å². The first kappa shape index (κ1) is 19.2. The maximum Gasteiger partial charge on any atom is 0.191 e. The van der Waals surface area contributed by atoms with Crippen LogP contribution in [0.3, 0.4) is 0 Å². The summed E-state index contributed by atoms with van der Waals surface area (Å²) in [5.41, 5.74) is 2.68. The zero-order valence-electron chi connectivity index (χ0n) is 14.5. The van der Waals surface area contributed by atoms with Crippen LogP contribution < -0.4 is 10.6 Å². The Kier molecular flexibility index (Phi) is 7.70. The van der Waals surface area contributed by atoms with Crippen molar-refractivity contribution < 1.29 is 9.13 Å². The molecule has 2 rings (SSSR count). The summed E-state index contributed by atoms with van der Waals surface area (Å²) in [5.74, 6) is 0.439. The molecule has 0 unspecified atom stereocenters. The van der Waals surface area contributed by atoms with Crippen molar-refractivity contribution in [3.8, 4) is 0 Å². The standard InChI is InChI=1S/C19H23ClFN3O/c1-22-19(23-9-8-14-4-3-5-17(20)11-14)24-12-15-6-7-18(21)16(10-15)13-25-2/h3-7,10-11H,8-9,12-13H2,1-2H3,(H2,22,23,24). The lowest BCUT2D eigenvalue weighted by molar-refractivity contribution is 0.181. The average molecular weight is 364 g/mol. The molecule has 0 saturated carbocycles. The third-order valence-corrected chi connectivity index (χ3v) is 3.92. The fraction of sp³-hybridized carbons (Fsp3) is 0.316. The Balaban J connectivity index is 1.83. The monoisotopic (exact) mass is 363 g/mol. The molecule has 2 N–H and O–H groups in total. The molecule has 0 amide bonds. The van der Waals surface area contributed by atoms with Gasteiger partial charge in [0.15, 0.2) is 5.96 Å². The summed E-state index contributed by atoms with van der Waals surface area (Å²) in [7, 11) is 3.27. The minimum absolute atomic E-state index is 0.255. The number of nitrogens with zero attached hydrogens (tertiary/aromatic N) is 1.